The van der Waals surface area contributed by atoms with Crippen molar-refractivity contribution in [3.63, 3.8) is 0 Å². The molecule has 0 fully saturated rings. The topological polar surface area (TPSA) is 127 Å². The number of primary amides is 2. The van der Waals surface area contributed by atoms with Crippen molar-refractivity contribution >= 4 is 17.8 Å². The van der Waals surface area contributed by atoms with Crippen LogP contribution in [-0.2, 0) is 9.59 Å². The van der Waals surface area contributed by atoms with Gasteiger partial charge in [0, 0.05) is 0 Å². The summed E-state index contributed by atoms with van der Waals surface area (Å²) in [5.74, 6) is -1.10. The third-order valence-corrected chi connectivity index (χ3v) is 3.63. The number of rotatable bonds is 7. The highest BCUT2D eigenvalue weighted by molar-refractivity contribution is 5.88. The number of nitrogens with one attached hydrogen (secondary N) is 2. The third-order valence-electron chi connectivity index (χ3n) is 3.63. The number of hydrogen-bond donors (Lipinski definition) is 4. The molecule has 2 atom stereocenters. The van der Waals surface area contributed by atoms with E-state index in [1.54, 1.807) is 54.6 Å². The molecule has 6 N–H and O–H groups in total. The van der Waals surface area contributed by atoms with Crippen LogP contribution in [-0.4, -0.2) is 17.8 Å². The normalized spacial score (nSPS) is 12.6. The Labute approximate surface area is 145 Å². The zero-order chi connectivity index (χ0) is 18.2. The van der Waals surface area contributed by atoms with E-state index in [2.05, 4.69) is 10.6 Å². The summed E-state index contributed by atoms with van der Waals surface area (Å²) in [5.41, 5.74) is 11.9. The molecular formula is C18H20N4O3. The Balaban J connectivity index is 2.12. The van der Waals surface area contributed by atoms with E-state index in [4.69, 9.17) is 11.5 Å². The molecule has 0 aliphatic rings. The zero-order valence-corrected chi connectivity index (χ0v) is 13.5. The van der Waals surface area contributed by atoms with E-state index in [9.17, 15) is 14.4 Å². The lowest BCUT2D eigenvalue weighted by atomic mass is 10.0. The van der Waals surface area contributed by atoms with E-state index >= 15 is 0 Å². The molecule has 0 aromatic heterocycles. The van der Waals surface area contributed by atoms with Crippen molar-refractivity contribution in [1.29, 1.82) is 0 Å². The molecule has 0 bridgehead atoms. The van der Waals surface area contributed by atoms with Gasteiger partial charge in [0.15, 0.2) is 0 Å². The predicted octanol–water partition coefficient (Wildman–Crippen LogP) is 1.13. The number of amides is 4. The quantitative estimate of drug-likeness (QED) is 0.603. The number of benzene rings is 2. The molecule has 2 aromatic rings. The standard InChI is InChI=1S/C18H20N4O3/c19-17(24)16(13-9-5-2-6-10-13)22-15(23)11-14(21-18(20)25)12-7-3-1-4-8-12/h1-10,14,16H,11H2,(H2,19,24)(H,22,23)(H3,20,21,25)/t14-,16+/m1/s1. The van der Waals surface area contributed by atoms with Gasteiger partial charge in [-0.05, 0) is 11.1 Å². The first-order valence-corrected chi connectivity index (χ1v) is 7.72. The van der Waals surface area contributed by atoms with Gasteiger partial charge in [0.25, 0.3) is 0 Å². The minimum absolute atomic E-state index is 0.0798. The fourth-order valence-electron chi connectivity index (χ4n) is 2.48. The summed E-state index contributed by atoms with van der Waals surface area (Å²) in [6.07, 6.45) is -0.0798. The molecule has 130 valence electrons. The zero-order valence-electron chi connectivity index (χ0n) is 13.5. The molecule has 0 aliphatic carbocycles. The molecule has 2 aromatic carbocycles. The maximum absolute atomic E-state index is 12.4. The van der Waals surface area contributed by atoms with Gasteiger partial charge in [-0.1, -0.05) is 60.7 Å². The molecule has 0 heterocycles. The molecule has 7 heteroatoms. The number of urea groups is 1. The van der Waals surface area contributed by atoms with Crippen LogP contribution < -0.4 is 22.1 Å². The second-order valence-corrected chi connectivity index (χ2v) is 5.49. The first-order valence-electron chi connectivity index (χ1n) is 7.72. The second kappa shape index (κ2) is 8.49. The van der Waals surface area contributed by atoms with E-state index in [0.717, 1.165) is 5.56 Å². The van der Waals surface area contributed by atoms with Crippen molar-refractivity contribution < 1.29 is 14.4 Å². The number of hydrogen-bond acceptors (Lipinski definition) is 3. The maximum Gasteiger partial charge on any atom is 0.312 e. The van der Waals surface area contributed by atoms with Crippen LogP contribution in [0, 0.1) is 0 Å². The van der Waals surface area contributed by atoms with Gasteiger partial charge in [0.05, 0.1) is 12.5 Å². The Bertz CT molecular complexity index is 735. The summed E-state index contributed by atoms with van der Waals surface area (Å²) in [7, 11) is 0. The highest BCUT2D eigenvalue weighted by Gasteiger charge is 2.23. The van der Waals surface area contributed by atoms with E-state index in [-0.39, 0.29) is 6.42 Å². The van der Waals surface area contributed by atoms with Crippen molar-refractivity contribution in [3.05, 3.63) is 71.8 Å². The molecule has 0 aliphatic heterocycles. The summed E-state index contributed by atoms with van der Waals surface area (Å²) in [5, 5.41) is 5.13. The Morgan fingerprint density at radius 3 is 1.80 bits per heavy atom. The summed E-state index contributed by atoms with van der Waals surface area (Å²) in [6, 6.07) is 15.4. The van der Waals surface area contributed by atoms with Crippen LogP contribution in [0.1, 0.15) is 29.6 Å². The van der Waals surface area contributed by atoms with Crippen molar-refractivity contribution in [3.8, 4) is 0 Å². The van der Waals surface area contributed by atoms with Crippen molar-refractivity contribution in [2.24, 2.45) is 11.5 Å². The van der Waals surface area contributed by atoms with Crippen LogP contribution in [0.25, 0.3) is 0 Å². The fraction of sp³-hybridized carbons (Fsp3) is 0.167. The van der Waals surface area contributed by atoms with Gasteiger partial charge in [0.2, 0.25) is 11.8 Å². The van der Waals surface area contributed by atoms with Crippen LogP contribution in [0.5, 0.6) is 0 Å². The molecule has 4 amide bonds. The van der Waals surface area contributed by atoms with E-state index in [1.165, 1.54) is 0 Å². The molecule has 0 saturated heterocycles. The van der Waals surface area contributed by atoms with Crippen LogP contribution in [0.4, 0.5) is 4.79 Å². The van der Waals surface area contributed by atoms with Crippen molar-refractivity contribution in [1.82, 2.24) is 10.6 Å². The minimum atomic E-state index is -0.946. The summed E-state index contributed by atoms with van der Waals surface area (Å²) >= 11 is 0. The van der Waals surface area contributed by atoms with Gasteiger partial charge in [-0.2, -0.15) is 0 Å². The second-order valence-electron chi connectivity index (χ2n) is 5.49. The van der Waals surface area contributed by atoms with Gasteiger partial charge in [0.1, 0.15) is 6.04 Å². The van der Waals surface area contributed by atoms with Gasteiger partial charge < -0.3 is 22.1 Å². The average molecular weight is 340 g/mol. The molecule has 0 unspecified atom stereocenters. The van der Waals surface area contributed by atoms with E-state index in [0.29, 0.717) is 5.56 Å². The lowest BCUT2D eigenvalue weighted by Gasteiger charge is -2.20. The third kappa shape index (κ3) is 5.35. The number of nitrogens with two attached hydrogens (primary N) is 2. The number of carbonyl (C=O) groups is 3. The highest BCUT2D eigenvalue weighted by Crippen LogP contribution is 2.18. The smallest absolute Gasteiger partial charge is 0.312 e. The van der Waals surface area contributed by atoms with Crippen LogP contribution >= 0.6 is 0 Å². The SMILES string of the molecule is NC(=O)N[C@H](CC(=O)N[C@H](C(N)=O)c1ccccc1)c1ccccc1. The first-order chi connectivity index (χ1) is 12.0. The molecular weight excluding hydrogens is 320 g/mol. The van der Waals surface area contributed by atoms with E-state index < -0.39 is 29.9 Å². The Hall–Kier alpha value is -3.35. The van der Waals surface area contributed by atoms with Crippen molar-refractivity contribution in [2.45, 2.75) is 18.5 Å². The average Bonchev–Trinajstić information content (AvgIpc) is 2.60. The van der Waals surface area contributed by atoms with Crippen LogP contribution in [0.2, 0.25) is 0 Å². The van der Waals surface area contributed by atoms with Crippen LogP contribution in [0.15, 0.2) is 60.7 Å². The van der Waals surface area contributed by atoms with Crippen LogP contribution in [0.3, 0.4) is 0 Å². The molecule has 25 heavy (non-hydrogen) atoms. The predicted molar refractivity (Wildman–Crippen MR) is 93.0 cm³/mol. The highest BCUT2D eigenvalue weighted by atomic mass is 16.2. The summed E-state index contributed by atoms with van der Waals surface area (Å²) in [6.45, 7) is 0. The molecule has 2 rings (SSSR count). The summed E-state index contributed by atoms with van der Waals surface area (Å²) < 4.78 is 0. The summed E-state index contributed by atoms with van der Waals surface area (Å²) in [4.78, 5) is 35.3. The first kappa shape index (κ1) is 18.0. The number of carbonyl (C=O) groups excluding carboxylic acids is 3. The largest absolute Gasteiger partial charge is 0.368 e. The van der Waals surface area contributed by atoms with E-state index in [1.807, 2.05) is 6.07 Å². The lowest BCUT2D eigenvalue weighted by molar-refractivity contribution is -0.127. The van der Waals surface area contributed by atoms with Gasteiger partial charge >= 0.3 is 6.03 Å². The molecule has 0 radical (unpaired) electrons. The van der Waals surface area contributed by atoms with Gasteiger partial charge in [-0.15, -0.1) is 0 Å². The maximum atomic E-state index is 12.4. The Morgan fingerprint density at radius 2 is 1.32 bits per heavy atom. The Morgan fingerprint density at radius 1 is 0.800 bits per heavy atom. The molecule has 7 nitrogen and oxygen atoms in total. The minimum Gasteiger partial charge on any atom is -0.368 e. The molecule has 0 saturated carbocycles. The van der Waals surface area contributed by atoms with Gasteiger partial charge in [-0.25, -0.2) is 4.79 Å². The monoisotopic (exact) mass is 340 g/mol. The van der Waals surface area contributed by atoms with Crippen molar-refractivity contribution in [2.75, 3.05) is 0 Å². The van der Waals surface area contributed by atoms with Gasteiger partial charge in [-0.3, -0.25) is 9.59 Å². The fourth-order valence-corrected chi connectivity index (χ4v) is 2.48. The molecule has 0 spiro atoms. The lowest BCUT2D eigenvalue weighted by Crippen LogP contribution is -2.40. The Kier molecular flexibility index (Phi) is 6.11.